The summed E-state index contributed by atoms with van der Waals surface area (Å²) in [6.45, 7) is 0.369. The Kier molecular flexibility index (Phi) is 5.92. The van der Waals surface area contributed by atoms with E-state index in [0.717, 1.165) is 0 Å². The normalized spacial score (nSPS) is 19.0. The van der Waals surface area contributed by atoms with Crippen molar-refractivity contribution in [2.75, 3.05) is 23.4 Å². The number of carbonyl (C=O) groups is 1. The van der Waals surface area contributed by atoms with Gasteiger partial charge in [0.05, 0.1) is 41.6 Å². The molecule has 1 atom stereocenters. The standard InChI is InChI=1S/C17H18Cl2N2O4S/c18-12-3-4-15(19)16(8-12)20-17(22)10-21(9-14-2-1-6-25-14)13-5-7-26(23,24)11-13/h1-4,6,8,13H,5,7,9-11H2,(H,20,22)/t13-/m1/s1. The Morgan fingerprint density at radius 1 is 1.31 bits per heavy atom. The molecule has 9 heteroatoms. The lowest BCUT2D eigenvalue weighted by molar-refractivity contribution is -0.118. The summed E-state index contributed by atoms with van der Waals surface area (Å²) in [6, 6.07) is 8.12. The van der Waals surface area contributed by atoms with Crippen LogP contribution in [-0.2, 0) is 21.2 Å². The van der Waals surface area contributed by atoms with Gasteiger partial charge in [-0.05, 0) is 36.8 Å². The number of amides is 1. The van der Waals surface area contributed by atoms with E-state index in [1.165, 1.54) is 0 Å². The van der Waals surface area contributed by atoms with Crippen LogP contribution in [-0.4, -0.2) is 43.3 Å². The van der Waals surface area contributed by atoms with E-state index in [1.54, 1.807) is 36.6 Å². The van der Waals surface area contributed by atoms with E-state index in [-0.39, 0.29) is 30.0 Å². The lowest BCUT2D eigenvalue weighted by Gasteiger charge is -2.26. The second-order valence-electron chi connectivity index (χ2n) is 6.21. The van der Waals surface area contributed by atoms with Gasteiger partial charge >= 0.3 is 0 Å². The van der Waals surface area contributed by atoms with Crippen LogP contribution in [0.25, 0.3) is 0 Å². The maximum absolute atomic E-state index is 12.5. The van der Waals surface area contributed by atoms with Gasteiger partial charge in [0.1, 0.15) is 5.76 Å². The second kappa shape index (κ2) is 8.00. The zero-order valence-electron chi connectivity index (χ0n) is 13.8. The quantitative estimate of drug-likeness (QED) is 0.781. The highest BCUT2D eigenvalue weighted by Crippen LogP contribution is 2.26. The number of furan rings is 1. The van der Waals surface area contributed by atoms with Crippen molar-refractivity contribution in [3.63, 3.8) is 0 Å². The van der Waals surface area contributed by atoms with E-state index in [9.17, 15) is 13.2 Å². The number of nitrogens with one attached hydrogen (secondary N) is 1. The zero-order chi connectivity index (χ0) is 18.7. The van der Waals surface area contributed by atoms with E-state index in [1.807, 2.05) is 4.90 Å². The molecule has 0 radical (unpaired) electrons. The Hall–Kier alpha value is -1.54. The molecule has 0 bridgehead atoms. The predicted octanol–water partition coefficient (Wildman–Crippen LogP) is 3.21. The molecule has 1 aliphatic rings. The Labute approximate surface area is 162 Å². The molecule has 1 N–H and O–H groups in total. The van der Waals surface area contributed by atoms with Gasteiger partial charge in [0, 0.05) is 11.1 Å². The van der Waals surface area contributed by atoms with E-state index in [4.69, 9.17) is 27.6 Å². The average molecular weight is 417 g/mol. The highest BCUT2D eigenvalue weighted by Gasteiger charge is 2.33. The molecule has 1 aliphatic heterocycles. The van der Waals surface area contributed by atoms with Gasteiger partial charge in [0.15, 0.2) is 9.84 Å². The van der Waals surface area contributed by atoms with Gasteiger partial charge in [-0.1, -0.05) is 23.2 Å². The van der Waals surface area contributed by atoms with Crippen molar-refractivity contribution in [1.82, 2.24) is 4.90 Å². The Bertz CT molecular complexity index is 884. The van der Waals surface area contributed by atoms with Crippen LogP contribution < -0.4 is 5.32 Å². The number of nitrogens with zero attached hydrogens (tertiary/aromatic N) is 1. The molecule has 6 nitrogen and oxygen atoms in total. The molecule has 1 saturated heterocycles. The fourth-order valence-electron chi connectivity index (χ4n) is 2.95. The third-order valence-corrected chi connectivity index (χ3v) is 6.53. The van der Waals surface area contributed by atoms with Gasteiger partial charge in [-0.25, -0.2) is 8.42 Å². The Morgan fingerprint density at radius 2 is 2.12 bits per heavy atom. The number of sulfone groups is 1. The van der Waals surface area contributed by atoms with Gasteiger partial charge in [0.2, 0.25) is 5.91 Å². The van der Waals surface area contributed by atoms with Crippen molar-refractivity contribution in [2.24, 2.45) is 0 Å². The molecule has 2 heterocycles. The van der Waals surface area contributed by atoms with Crippen LogP contribution in [0.4, 0.5) is 5.69 Å². The molecule has 1 fully saturated rings. The monoisotopic (exact) mass is 416 g/mol. The van der Waals surface area contributed by atoms with E-state index < -0.39 is 9.84 Å². The largest absolute Gasteiger partial charge is 0.468 e. The van der Waals surface area contributed by atoms with Gasteiger partial charge in [-0.3, -0.25) is 9.69 Å². The first-order valence-electron chi connectivity index (χ1n) is 8.04. The lowest BCUT2D eigenvalue weighted by atomic mass is 10.2. The van der Waals surface area contributed by atoms with Crippen molar-refractivity contribution in [3.8, 4) is 0 Å². The van der Waals surface area contributed by atoms with Gasteiger partial charge in [0.25, 0.3) is 0 Å². The molecule has 0 aliphatic carbocycles. The molecule has 0 unspecified atom stereocenters. The molecule has 140 valence electrons. The van der Waals surface area contributed by atoms with Crippen molar-refractivity contribution >= 4 is 44.6 Å². The van der Waals surface area contributed by atoms with Crippen LogP contribution in [0.15, 0.2) is 41.0 Å². The van der Waals surface area contributed by atoms with Crippen molar-refractivity contribution < 1.29 is 17.6 Å². The molecular weight excluding hydrogens is 399 g/mol. The topological polar surface area (TPSA) is 79.6 Å². The molecule has 1 amide bonds. The maximum Gasteiger partial charge on any atom is 0.238 e. The summed E-state index contributed by atoms with van der Waals surface area (Å²) in [5.74, 6) is 0.542. The van der Waals surface area contributed by atoms with Crippen molar-refractivity contribution in [2.45, 2.75) is 19.0 Å². The summed E-state index contributed by atoms with van der Waals surface area (Å²) in [4.78, 5) is 14.3. The van der Waals surface area contributed by atoms with Crippen LogP contribution in [0.5, 0.6) is 0 Å². The molecule has 2 aromatic rings. The fraction of sp³-hybridized carbons (Fsp3) is 0.353. The number of carbonyl (C=O) groups excluding carboxylic acids is 1. The molecular formula is C17H18Cl2N2O4S. The SMILES string of the molecule is O=C(CN(Cc1ccco1)[C@@H]1CCS(=O)(=O)C1)Nc1cc(Cl)ccc1Cl. The Balaban J connectivity index is 1.72. The molecule has 26 heavy (non-hydrogen) atoms. The zero-order valence-corrected chi connectivity index (χ0v) is 16.1. The van der Waals surface area contributed by atoms with Gasteiger partial charge < -0.3 is 9.73 Å². The van der Waals surface area contributed by atoms with E-state index >= 15 is 0 Å². The fourth-order valence-corrected chi connectivity index (χ4v) is 5.05. The summed E-state index contributed by atoms with van der Waals surface area (Å²) in [7, 11) is -3.07. The summed E-state index contributed by atoms with van der Waals surface area (Å²) >= 11 is 12.0. The molecule has 0 saturated carbocycles. The first-order valence-corrected chi connectivity index (χ1v) is 10.6. The number of hydrogen-bond acceptors (Lipinski definition) is 5. The van der Waals surface area contributed by atoms with Crippen LogP contribution in [0.1, 0.15) is 12.2 Å². The second-order valence-corrected chi connectivity index (χ2v) is 9.29. The summed E-state index contributed by atoms with van der Waals surface area (Å²) in [5, 5.41) is 3.56. The molecule has 1 aromatic carbocycles. The number of benzene rings is 1. The highest BCUT2D eigenvalue weighted by atomic mass is 35.5. The van der Waals surface area contributed by atoms with Crippen LogP contribution >= 0.6 is 23.2 Å². The van der Waals surface area contributed by atoms with Crippen LogP contribution in [0, 0.1) is 0 Å². The number of hydrogen-bond donors (Lipinski definition) is 1. The third-order valence-electron chi connectivity index (χ3n) is 4.21. The predicted molar refractivity (Wildman–Crippen MR) is 101 cm³/mol. The Morgan fingerprint density at radius 3 is 2.77 bits per heavy atom. The molecule has 1 aromatic heterocycles. The van der Waals surface area contributed by atoms with Crippen LogP contribution in [0.3, 0.4) is 0 Å². The van der Waals surface area contributed by atoms with Gasteiger partial charge in [-0.2, -0.15) is 0 Å². The van der Waals surface area contributed by atoms with E-state index in [0.29, 0.717) is 34.5 Å². The number of anilines is 1. The van der Waals surface area contributed by atoms with Gasteiger partial charge in [-0.15, -0.1) is 0 Å². The smallest absolute Gasteiger partial charge is 0.238 e. The molecule has 0 spiro atoms. The summed E-state index contributed by atoms with van der Waals surface area (Å²) < 4.78 is 29.0. The van der Waals surface area contributed by atoms with Crippen molar-refractivity contribution in [3.05, 3.63) is 52.4 Å². The first kappa shape index (κ1) is 19.2. The van der Waals surface area contributed by atoms with E-state index in [2.05, 4.69) is 5.32 Å². The number of halogens is 2. The third kappa shape index (κ3) is 5.01. The average Bonchev–Trinajstić information content (AvgIpc) is 3.19. The minimum absolute atomic E-state index is 0.0176. The van der Waals surface area contributed by atoms with Crippen molar-refractivity contribution in [1.29, 1.82) is 0 Å². The molecule has 3 rings (SSSR count). The highest BCUT2D eigenvalue weighted by molar-refractivity contribution is 7.91. The summed E-state index contributed by atoms with van der Waals surface area (Å²) in [6.07, 6.45) is 2.04. The van der Waals surface area contributed by atoms with Crippen LogP contribution in [0.2, 0.25) is 10.0 Å². The minimum atomic E-state index is -3.07. The lowest BCUT2D eigenvalue weighted by Crippen LogP contribution is -2.41. The first-order chi connectivity index (χ1) is 12.3. The maximum atomic E-state index is 12.5. The number of rotatable bonds is 6. The summed E-state index contributed by atoms with van der Waals surface area (Å²) in [5.41, 5.74) is 0.418. The minimum Gasteiger partial charge on any atom is -0.468 e.